The maximum Gasteiger partial charge on any atom is 0.306 e. The maximum absolute atomic E-state index is 10.8. The number of ether oxygens (including phenoxy) is 1. The zero-order chi connectivity index (χ0) is 9.78. The summed E-state index contributed by atoms with van der Waals surface area (Å²) in [4.78, 5) is 21.0. The molecule has 0 spiro atoms. The third-order valence-electron chi connectivity index (χ3n) is 1.47. The number of carboxylic acid groups (broad SMARTS) is 1. The highest BCUT2D eigenvalue weighted by Gasteiger charge is 2.22. The lowest BCUT2D eigenvalue weighted by Gasteiger charge is -2.23. The Balaban J connectivity index is 0. The number of carbonyl (C=O) groups excluding carboxylic acids is 2. The van der Waals surface area contributed by atoms with Gasteiger partial charge in [0.1, 0.15) is 0 Å². The van der Waals surface area contributed by atoms with E-state index in [1.54, 1.807) is 13.8 Å². The molecule has 0 amide bonds. The van der Waals surface area contributed by atoms with Gasteiger partial charge in [0, 0.05) is 5.97 Å². The van der Waals surface area contributed by atoms with Crippen molar-refractivity contribution in [1.29, 1.82) is 0 Å². The number of esters is 1. The van der Waals surface area contributed by atoms with Crippen molar-refractivity contribution >= 4 is 11.9 Å². The normalized spacial score (nSPS) is 10.1. The van der Waals surface area contributed by atoms with E-state index >= 15 is 0 Å². The molecule has 0 saturated carbocycles. The van der Waals surface area contributed by atoms with Crippen molar-refractivity contribution in [2.75, 3.05) is 7.11 Å². The summed E-state index contributed by atoms with van der Waals surface area (Å²) in [5, 5.41) is 10.2. The Bertz CT molecular complexity index is 189. The molecule has 0 rings (SSSR count). The standard InChI is InChI=1S/C8H14O4.ClH/c1-8(2,4-6(9)10)5-7(11)12-3;/h4-5H2,1-3H3,(H,9,10);1H/p-2. The van der Waals surface area contributed by atoms with Crippen LogP contribution in [0.5, 0.6) is 0 Å². The van der Waals surface area contributed by atoms with Crippen molar-refractivity contribution in [3.05, 3.63) is 0 Å². The van der Waals surface area contributed by atoms with Crippen molar-refractivity contribution < 1.29 is 31.8 Å². The number of rotatable bonds is 4. The number of methoxy groups -OCH3 is 1. The van der Waals surface area contributed by atoms with Crippen LogP contribution in [0.1, 0.15) is 26.7 Å². The summed E-state index contributed by atoms with van der Waals surface area (Å²) in [7, 11) is 1.28. The van der Waals surface area contributed by atoms with Gasteiger partial charge in [-0.25, -0.2) is 0 Å². The fourth-order valence-electron chi connectivity index (χ4n) is 0.916. The lowest BCUT2D eigenvalue weighted by atomic mass is 9.86. The van der Waals surface area contributed by atoms with E-state index in [1.165, 1.54) is 7.11 Å². The molecule has 78 valence electrons. The van der Waals surface area contributed by atoms with E-state index in [4.69, 9.17) is 0 Å². The Labute approximate surface area is 83.7 Å². The van der Waals surface area contributed by atoms with Crippen molar-refractivity contribution in [3.63, 3.8) is 0 Å². The molecule has 0 aliphatic heterocycles. The molecular formula is C8H13ClO4-2. The fraction of sp³-hybridized carbons (Fsp3) is 0.750. The van der Waals surface area contributed by atoms with Crippen LogP contribution in [0.25, 0.3) is 0 Å². The molecule has 0 heterocycles. The minimum absolute atomic E-state index is 0. The van der Waals surface area contributed by atoms with Crippen molar-refractivity contribution in [2.24, 2.45) is 5.41 Å². The molecule has 0 radical (unpaired) electrons. The SMILES string of the molecule is COC(=O)CC(C)(C)CC(=O)[O-].[Cl-]. The van der Waals surface area contributed by atoms with E-state index in [0.717, 1.165) is 0 Å². The number of aliphatic carboxylic acids is 1. The molecule has 13 heavy (non-hydrogen) atoms. The van der Waals surface area contributed by atoms with Crippen molar-refractivity contribution in [2.45, 2.75) is 26.7 Å². The van der Waals surface area contributed by atoms with E-state index in [-0.39, 0.29) is 25.2 Å². The lowest BCUT2D eigenvalue weighted by Crippen LogP contribution is -3.00. The molecule has 0 aliphatic carbocycles. The second-order valence-corrected chi connectivity index (χ2v) is 3.47. The predicted octanol–water partition coefficient (Wildman–Crippen LogP) is -3.28. The number of hydrogen-bond donors (Lipinski definition) is 0. The predicted molar refractivity (Wildman–Crippen MR) is 40.0 cm³/mol. The van der Waals surface area contributed by atoms with Gasteiger partial charge < -0.3 is 27.0 Å². The fourth-order valence-corrected chi connectivity index (χ4v) is 0.916. The van der Waals surface area contributed by atoms with Gasteiger partial charge in [0.25, 0.3) is 0 Å². The molecule has 0 bridgehead atoms. The number of carbonyl (C=O) groups is 2. The van der Waals surface area contributed by atoms with Crippen molar-refractivity contribution in [1.82, 2.24) is 0 Å². The molecule has 0 fully saturated rings. The Kier molecular flexibility index (Phi) is 6.58. The highest BCUT2D eigenvalue weighted by Crippen LogP contribution is 2.24. The van der Waals surface area contributed by atoms with Crippen LogP contribution < -0.4 is 17.5 Å². The summed E-state index contributed by atoms with van der Waals surface area (Å²) in [6.45, 7) is 3.36. The van der Waals surface area contributed by atoms with Crippen LogP contribution in [0.2, 0.25) is 0 Å². The second-order valence-electron chi connectivity index (χ2n) is 3.47. The Hall–Kier alpha value is -0.770. The van der Waals surface area contributed by atoms with E-state index < -0.39 is 17.4 Å². The molecule has 0 N–H and O–H groups in total. The highest BCUT2D eigenvalue weighted by atomic mass is 35.5. The summed E-state index contributed by atoms with van der Waals surface area (Å²) in [5.74, 6) is -1.55. The Morgan fingerprint density at radius 2 is 1.77 bits per heavy atom. The molecule has 5 heteroatoms. The first-order valence-corrected chi connectivity index (χ1v) is 3.64. The summed E-state index contributed by atoms with van der Waals surface area (Å²) in [6.07, 6.45) is -0.0421. The minimum Gasteiger partial charge on any atom is -1.00 e. The molecule has 4 nitrogen and oxygen atoms in total. The van der Waals surface area contributed by atoms with E-state index in [0.29, 0.717) is 0 Å². The molecule has 0 unspecified atom stereocenters. The van der Waals surface area contributed by atoms with E-state index in [1.807, 2.05) is 0 Å². The summed E-state index contributed by atoms with van der Waals surface area (Å²) < 4.78 is 4.42. The van der Waals surface area contributed by atoms with Crippen LogP contribution in [0.4, 0.5) is 0 Å². The van der Waals surface area contributed by atoms with Gasteiger partial charge in [-0.05, 0) is 11.8 Å². The molecule has 0 aromatic carbocycles. The quantitative estimate of drug-likeness (QED) is 0.455. The monoisotopic (exact) mass is 208 g/mol. The second kappa shape index (κ2) is 5.80. The Morgan fingerprint density at radius 3 is 2.08 bits per heavy atom. The van der Waals surface area contributed by atoms with E-state index in [9.17, 15) is 14.7 Å². The van der Waals surface area contributed by atoms with Gasteiger partial charge >= 0.3 is 5.97 Å². The minimum atomic E-state index is -1.15. The molecule has 0 aromatic rings. The first-order valence-electron chi connectivity index (χ1n) is 3.64. The summed E-state index contributed by atoms with van der Waals surface area (Å²) in [6, 6.07) is 0. The van der Waals surface area contributed by atoms with E-state index in [2.05, 4.69) is 4.74 Å². The first-order chi connectivity index (χ1) is 5.37. The summed E-state index contributed by atoms with van der Waals surface area (Å²) >= 11 is 0. The highest BCUT2D eigenvalue weighted by molar-refractivity contribution is 5.72. The third-order valence-corrected chi connectivity index (χ3v) is 1.47. The first kappa shape index (κ1) is 14.7. The van der Waals surface area contributed by atoms with Gasteiger partial charge in [-0.2, -0.15) is 0 Å². The average molecular weight is 209 g/mol. The van der Waals surface area contributed by atoms with Crippen LogP contribution in [0.3, 0.4) is 0 Å². The largest absolute Gasteiger partial charge is 1.00 e. The van der Waals surface area contributed by atoms with Gasteiger partial charge in [0.2, 0.25) is 0 Å². The number of carboxylic acids is 1. The van der Waals surface area contributed by atoms with Crippen LogP contribution >= 0.6 is 0 Å². The molecule has 0 atom stereocenters. The number of halogens is 1. The molecule has 0 aliphatic rings. The van der Waals surface area contributed by atoms with Crippen LogP contribution in [0.15, 0.2) is 0 Å². The smallest absolute Gasteiger partial charge is 0.306 e. The van der Waals surface area contributed by atoms with Crippen LogP contribution in [-0.4, -0.2) is 19.0 Å². The van der Waals surface area contributed by atoms with Crippen LogP contribution in [-0.2, 0) is 14.3 Å². The van der Waals surface area contributed by atoms with Gasteiger partial charge in [0.15, 0.2) is 0 Å². The Morgan fingerprint density at radius 1 is 1.31 bits per heavy atom. The summed E-state index contributed by atoms with van der Waals surface area (Å²) in [5.41, 5.74) is -0.591. The zero-order valence-corrected chi connectivity index (χ0v) is 8.68. The van der Waals surface area contributed by atoms with Gasteiger partial charge in [0.05, 0.1) is 13.5 Å². The third kappa shape index (κ3) is 7.59. The zero-order valence-electron chi connectivity index (χ0n) is 7.93. The van der Waals surface area contributed by atoms with Crippen molar-refractivity contribution in [3.8, 4) is 0 Å². The lowest BCUT2D eigenvalue weighted by molar-refractivity contribution is -0.307. The van der Waals surface area contributed by atoms with Gasteiger partial charge in [-0.1, -0.05) is 13.8 Å². The molecular weight excluding hydrogens is 196 g/mol. The topological polar surface area (TPSA) is 66.4 Å². The average Bonchev–Trinajstić information content (AvgIpc) is 1.83. The number of hydrogen-bond acceptors (Lipinski definition) is 4. The van der Waals surface area contributed by atoms with Gasteiger partial charge in [-0.3, -0.25) is 4.79 Å². The van der Waals surface area contributed by atoms with Gasteiger partial charge in [-0.15, -0.1) is 0 Å². The molecule has 0 saturated heterocycles. The molecule has 0 aromatic heterocycles. The van der Waals surface area contributed by atoms with Crippen LogP contribution in [0, 0.1) is 5.41 Å². The maximum atomic E-state index is 10.8.